The Labute approximate surface area is 180 Å². The first kappa shape index (κ1) is 20.2. The van der Waals surface area contributed by atoms with Gasteiger partial charge in [0.1, 0.15) is 0 Å². The Hall–Kier alpha value is -3.13. The van der Waals surface area contributed by atoms with E-state index in [-0.39, 0.29) is 5.91 Å². The van der Waals surface area contributed by atoms with Crippen LogP contribution in [0, 0.1) is 0 Å². The zero-order chi connectivity index (χ0) is 21.1. The summed E-state index contributed by atoms with van der Waals surface area (Å²) in [6, 6.07) is 16.1. The minimum Gasteiger partial charge on any atom is -0.372 e. The van der Waals surface area contributed by atoms with Gasteiger partial charge in [-0.1, -0.05) is 23.9 Å². The summed E-state index contributed by atoms with van der Waals surface area (Å²) in [5.41, 5.74) is 4.91. The lowest BCUT2D eigenvalue weighted by Crippen LogP contribution is -2.21. The van der Waals surface area contributed by atoms with E-state index in [0.717, 1.165) is 52.3 Å². The summed E-state index contributed by atoms with van der Waals surface area (Å²) >= 11 is 1.62. The minimum atomic E-state index is -0.0842. The first-order valence-corrected chi connectivity index (χ1v) is 11.0. The second-order valence-corrected chi connectivity index (χ2v) is 7.87. The summed E-state index contributed by atoms with van der Waals surface area (Å²) in [5, 5.41) is 17.1. The number of fused-ring (bicyclic) bond motifs is 1. The molecule has 1 N–H and O–H groups in total. The maximum atomic E-state index is 11.2. The number of hydrogen-bond donors (Lipinski definition) is 1. The topological polar surface area (TPSA) is 75.4 Å². The number of carbonyl (C=O) groups excluding carboxylic acids is 1. The average molecular weight is 421 g/mol. The Balaban J connectivity index is 1.62. The quantitative estimate of drug-likeness (QED) is 0.650. The van der Waals surface area contributed by atoms with Crippen LogP contribution in [0.15, 0.2) is 58.8 Å². The number of anilines is 2. The van der Waals surface area contributed by atoms with Gasteiger partial charge in [0, 0.05) is 42.7 Å². The van der Waals surface area contributed by atoms with Gasteiger partial charge in [-0.25, -0.2) is 0 Å². The number of benzene rings is 2. The molecule has 0 atom stereocenters. The molecule has 0 fully saturated rings. The van der Waals surface area contributed by atoms with E-state index >= 15 is 0 Å². The SMILES string of the molecule is CCN(CC)c1ccc(-c2nnc3n2N=C(c2ccc(NC(C)=O)cc2)CS3)cc1. The lowest BCUT2D eigenvalue weighted by atomic mass is 10.1. The standard InChI is InChI=1S/C22H24N6OS/c1-4-27(5-2)19-12-8-17(9-13-19)21-24-25-22-28(21)26-20(14-30-22)16-6-10-18(11-7-16)23-15(3)29/h6-13H,4-5,14H2,1-3H3,(H,23,29). The highest BCUT2D eigenvalue weighted by atomic mass is 32.2. The van der Waals surface area contributed by atoms with Crippen molar-refractivity contribution in [1.29, 1.82) is 0 Å². The second kappa shape index (κ2) is 8.71. The number of carbonyl (C=O) groups is 1. The van der Waals surface area contributed by atoms with Crippen molar-refractivity contribution in [2.24, 2.45) is 5.10 Å². The maximum Gasteiger partial charge on any atom is 0.221 e. The summed E-state index contributed by atoms with van der Waals surface area (Å²) in [6.07, 6.45) is 0. The molecule has 1 aliphatic rings. The van der Waals surface area contributed by atoms with Crippen LogP contribution in [-0.2, 0) is 4.79 Å². The Morgan fingerprint density at radius 2 is 1.70 bits per heavy atom. The van der Waals surface area contributed by atoms with Gasteiger partial charge in [-0.15, -0.1) is 10.2 Å². The molecule has 1 aliphatic heterocycles. The average Bonchev–Trinajstić information content (AvgIpc) is 3.18. The molecule has 7 nitrogen and oxygen atoms in total. The fourth-order valence-electron chi connectivity index (χ4n) is 3.41. The highest BCUT2D eigenvalue weighted by molar-refractivity contribution is 7.99. The molecule has 8 heteroatoms. The molecule has 0 spiro atoms. The molecule has 0 saturated carbocycles. The van der Waals surface area contributed by atoms with Crippen LogP contribution in [0.4, 0.5) is 11.4 Å². The molecule has 0 saturated heterocycles. The van der Waals surface area contributed by atoms with Gasteiger partial charge < -0.3 is 10.2 Å². The molecule has 154 valence electrons. The normalized spacial score (nSPS) is 12.8. The number of nitrogens with zero attached hydrogens (tertiary/aromatic N) is 5. The molecule has 2 heterocycles. The maximum absolute atomic E-state index is 11.2. The number of rotatable bonds is 6. The van der Waals surface area contributed by atoms with Crippen molar-refractivity contribution in [3.8, 4) is 11.4 Å². The van der Waals surface area contributed by atoms with Crippen LogP contribution in [0.2, 0.25) is 0 Å². The van der Waals surface area contributed by atoms with E-state index in [9.17, 15) is 4.79 Å². The number of hydrogen-bond acceptors (Lipinski definition) is 6. The number of aromatic nitrogens is 3. The van der Waals surface area contributed by atoms with Gasteiger partial charge in [0.2, 0.25) is 11.1 Å². The van der Waals surface area contributed by atoms with Gasteiger partial charge in [0.05, 0.1) is 5.71 Å². The van der Waals surface area contributed by atoms with Gasteiger partial charge in [-0.3, -0.25) is 4.79 Å². The van der Waals surface area contributed by atoms with Crippen LogP contribution in [0.3, 0.4) is 0 Å². The highest BCUT2D eigenvalue weighted by Crippen LogP contribution is 2.29. The van der Waals surface area contributed by atoms with Crippen molar-refractivity contribution >= 4 is 34.8 Å². The van der Waals surface area contributed by atoms with Crippen LogP contribution in [0.1, 0.15) is 26.3 Å². The molecule has 1 amide bonds. The monoisotopic (exact) mass is 420 g/mol. The van der Waals surface area contributed by atoms with Gasteiger partial charge in [0.15, 0.2) is 5.82 Å². The Morgan fingerprint density at radius 1 is 1.03 bits per heavy atom. The van der Waals surface area contributed by atoms with E-state index < -0.39 is 0 Å². The smallest absolute Gasteiger partial charge is 0.221 e. The molecule has 0 radical (unpaired) electrons. The van der Waals surface area contributed by atoms with Gasteiger partial charge >= 0.3 is 0 Å². The highest BCUT2D eigenvalue weighted by Gasteiger charge is 2.21. The number of thioether (sulfide) groups is 1. The molecule has 2 aromatic carbocycles. The fourth-order valence-corrected chi connectivity index (χ4v) is 4.25. The van der Waals surface area contributed by atoms with Crippen LogP contribution < -0.4 is 10.2 Å². The molecule has 0 bridgehead atoms. The molecule has 3 aromatic rings. The zero-order valence-electron chi connectivity index (χ0n) is 17.3. The Morgan fingerprint density at radius 3 is 2.33 bits per heavy atom. The summed E-state index contributed by atoms with van der Waals surface area (Å²) in [5.74, 6) is 1.37. The van der Waals surface area contributed by atoms with Gasteiger partial charge in [0.25, 0.3) is 0 Å². The first-order valence-electron chi connectivity index (χ1n) is 9.98. The van der Waals surface area contributed by atoms with Crippen molar-refractivity contribution in [2.75, 3.05) is 29.1 Å². The Bertz CT molecular complexity index is 1070. The van der Waals surface area contributed by atoms with Crippen LogP contribution in [0.5, 0.6) is 0 Å². The minimum absolute atomic E-state index is 0.0842. The predicted octanol–water partition coefficient (Wildman–Crippen LogP) is 4.11. The Kier molecular flexibility index (Phi) is 5.85. The van der Waals surface area contributed by atoms with E-state index in [4.69, 9.17) is 5.10 Å². The van der Waals surface area contributed by atoms with E-state index in [1.807, 2.05) is 28.9 Å². The predicted molar refractivity (Wildman–Crippen MR) is 122 cm³/mol. The van der Waals surface area contributed by atoms with Gasteiger partial charge in [-0.2, -0.15) is 9.78 Å². The molecule has 4 rings (SSSR count). The summed E-state index contributed by atoms with van der Waals surface area (Å²) < 4.78 is 1.82. The lowest BCUT2D eigenvalue weighted by molar-refractivity contribution is -0.114. The van der Waals surface area contributed by atoms with Crippen LogP contribution in [-0.4, -0.2) is 45.3 Å². The summed E-state index contributed by atoms with van der Waals surface area (Å²) in [7, 11) is 0. The largest absolute Gasteiger partial charge is 0.372 e. The zero-order valence-corrected chi connectivity index (χ0v) is 18.1. The van der Waals surface area contributed by atoms with E-state index in [0.29, 0.717) is 0 Å². The molecule has 1 aromatic heterocycles. The third-order valence-electron chi connectivity index (χ3n) is 4.96. The van der Waals surface area contributed by atoms with E-state index in [2.05, 4.69) is 58.5 Å². The van der Waals surface area contributed by atoms with Crippen molar-refractivity contribution in [3.63, 3.8) is 0 Å². The number of nitrogens with one attached hydrogen (secondary N) is 1. The third kappa shape index (κ3) is 4.09. The van der Waals surface area contributed by atoms with Crippen molar-refractivity contribution in [3.05, 3.63) is 54.1 Å². The lowest BCUT2D eigenvalue weighted by Gasteiger charge is -2.21. The van der Waals surface area contributed by atoms with Gasteiger partial charge in [-0.05, 0) is 55.8 Å². The summed E-state index contributed by atoms with van der Waals surface area (Å²) in [6.45, 7) is 7.76. The van der Waals surface area contributed by atoms with E-state index in [1.54, 1.807) is 11.8 Å². The van der Waals surface area contributed by atoms with E-state index in [1.165, 1.54) is 12.6 Å². The molecule has 30 heavy (non-hydrogen) atoms. The summed E-state index contributed by atoms with van der Waals surface area (Å²) in [4.78, 5) is 13.5. The molecule has 0 aliphatic carbocycles. The first-order chi connectivity index (χ1) is 14.6. The number of amides is 1. The van der Waals surface area contributed by atoms with Crippen LogP contribution in [0.25, 0.3) is 11.4 Å². The van der Waals surface area contributed by atoms with Crippen molar-refractivity contribution < 1.29 is 4.79 Å². The fraction of sp³-hybridized carbons (Fsp3) is 0.273. The molecule has 0 unspecified atom stereocenters. The molecular formula is C22H24N6OS. The van der Waals surface area contributed by atoms with Crippen LogP contribution >= 0.6 is 11.8 Å². The molecular weight excluding hydrogens is 396 g/mol. The van der Waals surface area contributed by atoms with Crippen molar-refractivity contribution in [2.45, 2.75) is 25.9 Å². The van der Waals surface area contributed by atoms with Crippen molar-refractivity contribution in [1.82, 2.24) is 14.9 Å². The second-order valence-electron chi connectivity index (χ2n) is 6.93. The third-order valence-corrected chi connectivity index (χ3v) is 5.89.